The van der Waals surface area contributed by atoms with Crippen LogP contribution < -0.4 is 0 Å². The fraction of sp³-hybridized carbons (Fsp3) is 0.533. The molecule has 0 N–H and O–H groups in total. The third-order valence-electron chi connectivity index (χ3n) is 2.80. The molecule has 0 atom stereocenters. The van der Waals surface area contributed by atoms with Gasteiger partial charge in [-0.2, -0.15) is 0 Å². The van der Waals surface area contributed by atoms with E-state index in [-0.39, 0.29) is 5.97 Å². The van der Waals surface area contributed by atoms with Gasteiger partial charge < -0.3 is 4.74 Å². The zero-order valence-electron chi connectivity index (χ0n) is 11.7. The zero-order chi connectivity index (χ0) is 13.4. The molecule has 0 saturated carbocycles. The van der Waals surface area contributed by atoms with E-state index < -0.39 is 8.07 Å². The third kappa shape index (κ3) is 7.28. The first-order valence-electron chi connectivity index (χ1n) is 6.67. The Morgan fingerprint density at radius 2 is 1.83 bits per heavy atom. The highest BCUT2D eigenvalue weighted by Crippen LogP contribution is 2.09. The average molecular weight is 264 g/mol. The summed E-state index contributed by atoms with van der Waals surface area (Å²) in [6.07, 6.45) is 2.35. The van der Waals surface area contributed by atoms with Gasteiger partial charge in [0.1, 0.15) is 0 Å². The standard InChI is InChI=1S/C15H24O2Si/c1-18(2,3)13-12-17-15(16)11-7-10-14-8-5-4-6-9-14/h4-6,8-9H,7,10-13H2,1-3H3. The quantitative estimate of drug-likeness (QED) is 0.551. The smallest absolute Gasteiger partial charge is 0.305 e. The van der Waals surface area contributed by atoms with Crippen LogP contribution in [0.1, 0.15) is 18.4 Å². The molecule has 0 saturated heterocycles. The topological polar surface area (TPSA) is 26.3 Å². The fourth-order valence-corrected chi connectivity index (χ4v) is 2.34. The van der Waals surface area contributed by atoms with E-state index in [1.54, 1.807) is 0 Å². The minimum Gasteiger partial charge on any atom is -0.466 e. The summed E-state index contributed by atoms with van der Waals surface area (Å²) in [5.41, 5.74) is 1.28. The van der Waals surface area contributed by atoms with Crippen molar-refractivity contribution >= 4 is 14.0 Å². The van der Waals surface area contributed by atoms with E-state index >= 15 is 0 Å². The monoisotopic (exact) mass is 264 g/mol. The van der Waals surface area contributed by atoms with Gasteiger partial charge in [0.05, 0.1) is 6.61 Å². The van der Waals surface area contributed by atoms with Crippen LogP contribution in [0.2, 0.25) is 25.7 Å². The van der Waals surface area contributed by atoms with Crippen molar-refractivity contribution in [2.75, 3.05) is 6.61 Å². The minimum atomic E-state index is -1.09. The summed E-state index contributed by atoms with van der Waals surface area (Å²) >= 11 is 0. The van der Waals surface area contributed by atoms with Crippen LogP contribution in [0.5, 0.6) is 0 Å². The van der Waals surface area contributed by atoms with E-state index in [9.17, 15) is 4.79 Å². The van der Waals surface area contributed by atoms with Crippen LogP contribution >= 0.6 is 0 Å². The lowest BCUT2D eigenvalue weighted by Crippen LogP contribution is -2.22. The van der Waals surface area contributed by atoms with Gasteiger partial charge in [-0.05, 0) is 24.4 Å². The molecule has 1 aromatic carbocycles. The summed E-state index contributed by atoms with van der Waals surface area (Å²) in [5, 5.41) is 0. The molecule has 2 nitrogen and oxygen atoms in total. The Morgan fingerprint density at radius 1 is 1.17 bits per heavy atom. The number of carbonyl (C=O) groups is 1. The minimum absolute atomic E-state index is 0.0517. The largest absolute Gasteiger partial charge is 0.466 e. The molecule has 0 radical (unpaired) electrons. The maximum Gasteiger partial charge on any atom is 0.305 e. The van der Waals surface area contributed by atoms with Crippen molar-refractivity contribution in [1.82, 2.24) is 0 Å². The summed E-state index contributed by atoms with van der Waals surface area (Å²) in [5.74, 6) is -0.0517. The van der Waals surface area contributed by atoms with E-state index in [0.29, 0.717) is 13.0 Å². The summed E-state index contributed by atoms with van der Waals surface area (Å²) < 4.78 is 5.25. The van der Waals surface area contributed by atoms with Crippen LogP contribution in [0.15, 0.2) is 30.3 Å². The predicted octanol–water partition coefficient (Wildman–Crippen LogP) is 3.89. The van der Waals surface area contributed by atoms with Crippen molar-refractivity contribution in [2.45, 2.75) is 44.9 Å². The first kappa shape index (κ1) is 15.0. The number of carbonyl (C=O) groups excluding carboxylic acids is 1. The SMILES string of the molecule is C[Si](C)(C)CCOC(=O)CCCc1ccccc1. The maximum atomic E-state index is 11.5. The molecule has 0 amide bonds. The molecule has 1 aromatic rings. The van der Waals surface area contributed by atoms with Crippen molar-refractivity contribution in [3.8, 4) is 0 Å². The Kier molecular flexibility index (Phi) is 6.12. The molecule has 0 aromatic heterocycles. The Labute approximate surface area is 111 Å². The lowest BCUT2D eigenvalue weighted by molar-refractivity contribution is -0.143. The molecule has 0 fully saturated rings. The van der Waals surface area contributed by atoms with Gasteiger partial charge in [0.2, 0.25) is 0 Å². The molecule has 3 heteroatoms. The van der Waals surface area contributed by atoms with Crippen LogP contribution in [-0.4, -0.2) is 20.7 Å². The number of esters is 1. The van der Waals surface area contributed by atoms with Crippen LogP contribution in [0.3, 0.4) is 0 Å². The van der Waals surface area contributed by atoms with Crippen molar-refractivity contribution in [3.63, 3.8) is 0 Å². The van der Waals surface area contributed by atoms with Gasteiger partial charge in [-0.15, -0.1) is 0 Å². The summed E-state index contributed by atoms with van der Waals surface area (Å²) in [4.78, 5) is 11.5. The summed E-state index contributed by atoms with van der Waals surface area (Å²) in [6.45, 7) is 7.46. The Morgan fingerprint density at radius 3 is 2.44 bits per heavy atom. The number of rotatable bonds is 7. The average Bonchev–Trinajstić information content (AvgIpc) is 2.28. The Bertz CT molecular complexity index is 355. The van der Waals surface area contributed by atoms with Crippen molar-refractivity contribution in [1.29, 1.82) is 0 Å². The number of hydrogen-bond acceptors (Lipinski definition) is 2. The second-order valence-electron chi connectivity index (χ2n) is 5.87. The molecule has 0 aliphatic heterocycles. The summed E-state index contributed by atoms with van der Waals surface area (Å²) in [7, 11) is -1.09. The number of hydrogen-bond donors (Lipinski definition) is 0. The normalized spacial score (nSPS) is 11.3. The third-order valence-corrected chi connectivity index (χ3v) is 4.51. The van der Waals surface area contributed by atoms with E-state index in [0.717, 1.165) is 18.9 Å². The molecule has 0 aliphatic carbocycles. The lowest BCUT2D eigenvalue weighted by atomic mass is 10.1. The highest BCUT2D eigenvalue weighted by molar-refractivity contribution is 6.76. The van der Waals surface area contributed by atoms with Gasteiger partial charge in [0.15, 0.2) is 0 Å². The Hall–Kier alpha value is -1.09. The Balaban J connectivity index is 2.11. The molecule has 0 aliphatic rings. The van der Waals surface area contributed by atoms with Crippen molar-refractivity contribution in [2.24, 2.45) is 0 Å². The van der Waals surface area contributed by atoms with Crippen molar-refractivity contribution < 1.29 is 9.53 Å². The van der Waals surface area contributed by atoms with Crippen LogP contribution in [0.4, 0.5) is 0 Å². The highest BCUT2D eigenvalue weighted by Gasteiger charge is 2.13. The number of aryl methyl sites for hydroxylation is 1. The van der Waals surface area contributed by atoms with Crippen LogP contribution in [0.25, 0.3) is 0 Å². The van der Waals surface area contributed by atoms with Crippen molar-refractivity contribution in [3.05, 3.63) is 35.9 Å². The molecule has 1 rings (SSSR count). The predicted molar refractivity (Wildman–Crippen MR) is 78.5 cm³/mol. The van der Waals surface area contributed by atoms with E-state index in [1.807, 2.05) is 18.2 Å². The molecule has 0 bridgehead atoms. The molecule has 0 spiro atoms. The molecular formula is C15H24O2Si. The highest BCUT2D eigenvalue weighted by atomic mass is 28.3. The fourth-order valence-electron chi connectivity index (χ4n) is 1.62. The second-order valence-corrected chi connectivity index (χ2v) is 11.5. The van der Waals surface area contributed by atoms with Gasteiger partial charge in [0.25, 0.3) is 0 Å². The van der Waals surface area contributed by atoms with Gasteiger partial charge in [-0.1, -0.05) is 50.0 Å². The molecular weight excluding hydrogens is 240 g/mol. The number of ether oxygens (including phenoxy) is 1. The molecule has 100 valence electrons. The molecule has 0 unspecified atom stereocenters. The van der Waals surface area contributed by atoms with Gasteiger partial charge in [0, 0.05) is 14.5 Å². The van der Waals surface area contributed by atoms with E-state index in [4.69, 9.17) is 4.74 Å². The molecule has 0 heterocycles. The summed E-state index contributed by atoms with van der Waals surface area (Å²) in [6, 6.07) is 11.3. The molecule has 18 heavy (non-hydrogen) atoms. The number of benzene rings is 1. The van der Waals surface area contributed by atoms with Gasteiger partial charge in [-0.25, -0.2) is 0 Å². The maximum absolute atomic E-state index is 11.5. The van der Waals surface area contributed by atoms with Crippen LogP contribution in [0, 0.1) is 0 Å². The van der Waals surface area contributed by atoms with Gasteiger partial charge >= 0.3 is 5.97 Å². The lowest BCUT2D eigenvalue weighted by Gasteiger charge is -2.15. The van der Waals surface area contributed by atoms with E-state index in [1.165, 1.54) is 5.56 Å². The van der Waals surface area contributed by atoms with Crippen LogP contribution in [-0.2, 0) is 16.0 Å². The second kappa shape index (κ2) is 7.37. The first-order valence-corrected chi connectivity index (χ1v) is 10.4. The zero-order valence-corrected chi connectivity index (χ0v) is 12.7. The van der Waals surface area contributed by atoms with Gasteiger partial charge in [-0.3, -0.25) is 4.79 Å². The first-order chi connectivity index (χ1) is 8.47. The van der Waals surface area contributed by atoms with E-state index in [2.05, 4.69) is 31.8 Å².